The summed E-state index contributed by atoms with van der Waals surface area (Å²) in [4.78, 5) is 26.9. The third kappa shape index (κ3) is 3.75. The molecule has 0 amide bonds. The number of halogens is 1. The summed E-state index contributed by atoms with van der Waals surface area (Å²) in [6.45, 7) is 0. The van der Waals surface area contributed by atoms with Crippen molar-refractivity contribution in [2.75, 3.05) is 0 Å². The summed E-state index contributed by atoms with van der Waals surface area (Å²) < 4.78 is 0.607. The monoisotopic (exact) mass is 368 g/mol. The SMILES string of the molecule is NC(CC(=O)CC(=O)O)(c1ccsc1)c1cccc(Br)n1. The minimum Gasteiger partial charge on any atom is -0.481 e. The fourth-order valence-electron chi connectivity index (χ4n) is 2.06. The van der Waals surface area contributed by atoms with Crippen LogP contribution in [0.2, 0.25) is 0 Å². The molecule has 0 aromatic carbocycles. The van der Waals surface area contributed by atoms with Crippen LogP contribution in [-0.2, 0) is 15.1 Å². The Hall–Kier alpha value is -1.57. The molecule has 0 radical (unpaired) electrons. The largest absolute Gasteiger partial charge is 0.481 e. The molecule has 5 nitrogen and oxygen atoms in total. The van der Waals surface area contributed by atoms with Crippen LogP contribution in [0.25, 0.3) is 0 Å². The van der Waals surface area contributed by atoms with Crippen LogP contribution in [0.3, 0.4) is 0 Å². The van der Waals surface area contributed by atoms with Crippen molar-refractivity contribution in [2.24, 2.45) is 5.73 Å². The first-order valence-electron chi connectivity index (χ1n) is 6.10. The van der Waals surface area contributed by atoms with E-state index in [1.165, 1.54) is 11.3 Å². The Bertz CT molecular complexity index is 660. The summed E-state index contributed by atoms with van der Waals surface area (Å²) in [6.07, 6.45) is -0.656. The maximum Gasteiger partial charge on any atom is 0.310 e. The van der Waals surface area contributed by atoms with Gasteiger partial charge in [0.15, 0.2) is 0 Å². The van der Waals surface area contributed by atoms with Gasteiger partial charge < -0.3 is 10.8 Å². The second-order valence-corrected chi connectivity index (χ2v) is 6.21. The second-order valence-electron chi connectivity index (χ2n) is 4.61. The highest BCUT2D eigenvalue weighted by atomic mass is 79.9. The fraction of sp³-hybridized carbons (Fsp3) is 0.214. The summed E-state index contributed by atoms with van der Waals surface area (Å²) in [5.74, 6) is -1.59. The quantitative estimate of drug-likeness (QED) is 0.603. The molecule has 2 aromatic rings. The van der Waals surface area contributed by atoms with E-state index >= 15 is 0 Å². The van der Waals surface area contributed by atoms with E-state index in [4.69, 9.17) is 10.8 Å². The lowest BCUT2D eigenvalue weighted by Gasteiger charge is -2.28. The number of nitrogens with two attached hydrogens (primary N) is 1. The van der Waals surface area contributed by atoms with Gasteiger partial charge in [0, 0.05) is 6.42 Å². The molecular formula is C14H13BrN2O3S. The molecule has 2 rings (SSSR count). The van der Waals surface area contributed by atoms with Crippen LogP contribution >= 0.6 is 27.3 Å². The lowest BCUT2D eigenvalue weighted by Crippen LogP contribution is -2.41. The van der Waals surface area contributed by atoms with Gasteiger partial charge in [-0.2, -0.15) is 11.3 Å². The zero-order valence-electron chi connectivity index (χ0n) is 11.0. The first-order valence-corrected chi connectivity index (χ1v) is 7.83. The predicted molar refractivity (Wildman–Crippen MR) is 83.1 cm³/mol. The van der Waals surface area contributed by atoms with Crippen LogP contribution < -0.4 is 5.73 Å². The molecule has 0 aliphatic heterocycles. The van der Waals surface area contributed by atoms with Crippen LogP contribution in [0.15, 0.2) is 39.6 Å². The van der Waals surface area contributed by atoms with Crippen LogP contribution in [-0.4, -0.2) is 21.8 Å². The number of hydrogen-bond donors (Lipinski definition) is 2. The average Bonchev–Trinajstić information content (AvgIpc) is 2.91. The van der Waals surface area contributed by atoms with E-state index in [1.54, 1.807) is 18.2 Å². The number of nitrogens with zero attached hydrogens (tertiary/aromatic N) is 1. The van der Waals surface area contributed by atoms with Crippen molar-refractivity contribution in [3.8, 4) is 0 Å². The predicted octanol–water partition coefficient (Wildman–Crippen LogP) is 2.54. The van der Waals surface area contributed by atoms with E-state index in [2.05, 4.69) is 20.9 Å². The molecule has 0 spiro atoms. The highest BCUT2D eigenvalue weighted by molar-refractivity contribution is 9.10. The van der Waals surface area contributed by atoms with Crippen molar-refractivity contribution in [2.45, 2.75) is 18.4 Å². The van der Waals surface area contributed by atoms with Crippen molar-refractivity contribution in [1.82, 2.24) is 4.98 Å². The van der Waals surface area contributed by atoms with E-state index in [9.17, 15) is 9.59 Å². The van der Waals surface area contributed by atoms with Crippen LogP contribution in [0.4, 0.5) is 0 Å². The van der Waals surface area contributed by atoms with Crippen molar-refractivity contribution in [3.05, 3.63) is 50.9 Å². The molecule has 0 bridgehead atoms. The number of carboxylic acid groups (broad SMARTS) is 1. The van der Waals surface area contributed by atoms with Crippen LogP contribution in [0.5, 0.6) is 0 Å². The number of thiophene rings is 1. The zero-order chi connectivity index (χ0) is 15.5. The molecule has 0 aliphatic rings. The van der Waals surface area contributed by atoms with E-state index in [1.807, 2.05) is 16.8 Å². The second kappa shape index (κ2) is 6.46. The number of aliphatic carboxylic acids is 1. The number of pyridine rings is 1. The smallest absolute Gasteiger partial charge is 0.310 e. The Morgan fingerprint density at radius 2 is 2.14 bits per heavy atom. The maximum atomic E-state index is 11.9. The Kier molecular flexibility index (Phi) is 4.87. The lowest BCUT2D eigenvalue weighted by atomic mass is 9.83. The summed E-state index contributed by atoms with van der Waals surface area (Å²) in [5, 5.41) is 12.4. The molecule has 0 saturated heterocycles. The van der Waals surface area contributed by atoms with E-state index in [0.29, 0.717) is 10.3 Å². The molecular weight excluding hydrogens is 356 g/mol. The number of carbonyl (C=O) groups is 2. The minimum atomic E-state index is -1.16. The normalized spacial score (nSPS) is 13.6. The third-order valence-corrected chi connectivity index (χ3v) is 4.16. The van der Waals surface area contributed by atoms with Gasteiger partial charge in [-0.05, 0) is 50.5 Å². The summed E-state index contributed by atoms with van der Waals surface area (Å²) in [7, 11) is 0. The molecule has 1 unspecified atom stereocenters. The molecule has 1 atom stereocenters. The van der Waals surface area contributed by atoms with E-state index in [0.717, 1.165) is 5.56 Å². The van der Waals surface area contributed by atoms with Crippen molar-refractivity contribution >= 4 is 39.0 Å². The molecule has 0 aliphatic carbocycles. The number of hydrogen-bond acceptors (Lipinski definition) is 5. The molecule has 2 heterocycles. The van der Waals surface area contributed by atoms with Gasteiger partial charge in [-0.1, -0.05) is 6.07 Å². The number of rotatable bonds is 6. The fourth-order valence-corrected chi connectivity index (χ4v) is 3.14. The minimum absolute atomic E-state index is 0.112. The molecule has 21 heavy (non-hydrogen) atoms. The Morgan fingerprint density at radius 1 is 1.38 bits per heavy atom. The van der Waals surface area contributed by atoms with Crippen molar-refractivity contribution < 1.29 is 14.7 Å². The Balaban J connectivity index is 2.40. The number of Topliss-reactive ketones (excluding diaryl/α,β-unsaturated/α-hetero) is 1. The molecule has 0 saturated carbocycles. The van der Waals surface area contributed by atoms with Crippen LogP contribution in [0.1, 0.15) is 24.1 Å². The van der Waals surface area contributed by atoms with E-state index in [-0.39, 0.29) is 6.42 Å². The van der Waals surface area contributed by atoms with Crippen molar-refractivity contribution in [1.29, 1.82) is 0 Å². The highest BCUT2D eigenvalue weighted by Crippen LogP contribution is 2.32. The lowest BCUT2D eigenvalue weighted by molar-refractivity contribution is -0.140. The van der Waals surface area contributed by atoms with Gasteiger partial charge in [0.05, 0.1) is 11.2 Å². The third-order valence-electron chi connectivity index (χ3n) is 3.03. The summed E-state index contributed by atoms with van der Waals surface area (Å²) in [5.41, 5.74) is 6.58. The standard InChI is InChI=1S/C14H13BrN2O3S/c15-12-3-1-2-11(17-12)14(16,9-4-5-21-8-9)7-10(18)6-13(19)20/h1-5,8H,6-7,16H2,(H,19,20). The Labute approximate surface area is 133 Å². The topological polar surface area (TPSA) is 93.3 Å². The molecule has 3 N–H and O–H groups in total. The molecule has 2 aromatic heterocycles. The number of aromatic nitrogens is 1. The number of ketones is 1. The first kappa shape index (κ1) is 15.8. The van der Waals surface area contributed by atoms with Crippen LogP contribution in [0, 0.1) is 0 Å². The summed E-state index contributed by atoms with van der Waals surface area (Å²) >= 11 is 4.74. The first-order chi connectivity index (χ1) is 9.91. The van der Waals surface area contributed by atoms with Crippen molar-refractivity contribution in [3.63, 3.8) is 0 Å². The van der Waals surface area contributed by atoms with Gasteiger partial charge in [-0.25, -0.2) is 4.98 Å². The molecule has 7 heteroatoms. The highest BCUT2D eigenvalue weighted by Gasteiger charge is 2.34. The van der Waals surface area contributed by atoms with Gasteiger partial charge in [0.25, 0.3) is 0 Å². The zero-order valence-corrected chi connectivity index (χ0v) is 13.4. The molecule has 0 fully saturated rings. The van der Waals surface area contributed by atoms with Gasteiger partial charge >= 0.3 is 5.97 Å². The van der Waals surface area contributed by atoms with Gasteiger partial charge in [-0.3, -0.25) is 9.59 Å². The maximum absolute atomic E-state index is 11.9. The molecule has 110 valence electrons. The number of carbonyl (C=O) groups excluding carboxylic acids is 1. The Morgan fingerprint density at radius 3 is 2.71 bits per heavy atom. The van der Waals surface area contributed by atoms with Gasteiger partial charge in [0.1, 0.15) is 16.8 Å². The van der Waals surface area contributed by atoms with Gasteiger partial charge in [-0.15, -0.1) is 0 Å². The summed E-state index contributed by atoms with van der Waals surface area (Å²) in [6, 6.07) is 7.09. The number of carboxylic acids is 1. The van der Waals surface area contributed by atoms with E-state index < -0.39 is 23.7 Å². The van der Waals surface area contributed by atoms with Gasteiger partial charge in [0.2, 0.25) is 0 Å². The average molecular weight is 369 g/mol.